The summed E-state index contributed by atoms with van der Waals surface area (Å²) in [5.41, 5.74) is 4.77. The summed E-state index contributed by atoms with van der Waals surface area (Å²) in [7, 11) is -11.3. The zero-order valence-corrected chi connectivity index (χ0v) is 43.0. The molecule has 2 fully saturated rings. The zero-order chi connectivity index (χ0) is 51.7. The van der Waals surface area contributed by atoms with Crippen LogP contribution in [0.1, 0.15) is 168 Å². The van der Waals surface area contributed by atoms with Gasteiger partial charge in [-0.1, -0.05) is 129 Å². The molecule has 2 bridgehead atoms. The summed E-state index contributed by atoms with van der Waals surface area (Å²) in [6.07, 6.45) is 6.10. The van der Waals surface area contributed by atoms with Gasteiger partial charge in [-0.05, 0) is 37.7 Å². The quantitative estimate of drug-likeness (QED) is 0.0299. The molecule has 2 unspecified atom stereocenters. The van der Waals surface area contributed by atoms with Crippen molar-refractivity contribution in [1.29, 1.82) is 0 Å². The molecule has 8 N–H and O–H groups in total. The molecule has 0 saturated carbocycles. The van der Waals surface area contributed by atoms with Crippen LogP contribution in [0.5, 0.6) is 0 Å². The Morgan fingerprint density at radius 2 is 1.51 bits per heavy atom. The van der Waals surface area contributed by atoms with E-state index in [0.29, 0.717) is 38.5 Å². The molecule has 0 radical (unpaired) electrons. The summed E-state index contributed by atoms with van der Waals surface area (Å²) in [5, 5.41) is 45.7. The third kappa shape index (κ3) is 23.8. The van der Waals surface area contributed by atoms with E-state index in [1.165, 1.54) is 56.5 Å². The molecule has 2 saturated heterocycles. The molecule has 0 aliphatic carbocycles. The number of aliphatic hydroxyl groups is 4. The normalized spacial score (nSPS) is 30.0. The molecule has 70 heavy (non-hydrogen) atoms. The highest BCUT2D eigenvalue weighted by Crippen LogP contribution is 2.60. The Balaban J connectivity index is 1.82. The van der Waals surface area contributed by atoms with E-state index >= 15 is 0 Å². The zero-order valence-electron chi connectivity index (χ0n) is 41.2. The number of phosphoric acid groups is 2. The highest BCUT2D eigenvalue weighted by Gasteiger charge is 2.45. The van der Waals surface area contributed by atoms with Crippen LogP contribution in [0.3, 0.4) is 0 Å². The number of nitrogens with two attached hydrogens (primary N) is 1. The number of phosphoric ester groups is 2. The first-order valence-electron chi connectivity index (χ1n) is 25.2. The summed E-state index contributed by atoms with van der Waals surface area (Å²) in [6.45, 7) is 3.74. The van der Waals surface area contributed by atoms with Crippen LogP contribution in [0, 0.1) is 17.8 Å². The van der Waals surface area contributed by atoms with E-state index in [9.17, 15) is 58.5 Å². The number of ketones is 1. The molecule has 0 amide bonds. The van der Waals surface area contributed by atoms with Crippen LogP contribution in [0.4, 0.5) is 5.82 Å². The number of hydrogen-bond donors (Lipinski definition) is 7. The maximum Gasteiger partial charge on any atom is 0.481 e. The van der Waals surface area contributed by atoms with Gasteiger partial charge >= 0.3 is 33.3 Å². The monoisotopic (exact) mass is 1040 g/mol. The Morgan fingerprint density at radius 1 is 0.886 bits per heavy atom. The first-order chi connectivity index (χ1) is 33.2. The number of hydrogen-bond acceptors (Lipinski definition) is 18. The van der Waals surface area contributed by atoms with Crippen molar-refractivity contribution in [2.45, 2.75) is 205 Å². The van der Waals surface area contributed by atoms with Gasteiger partial charge < -0.3 is 50.2 Å². The number of unbranched alkanes of at least 4 members (excludes halogenated alkanes) is 10. The Labute approximate surface area is 412 Å². The van der Waals surface area contributed by atoms with Gasteiger partial charge in [-0.3, -0.25) is 28.0 Å². The van der Waals surface area contributed by atoms with Crippen LogP contribution in [0.2, 0.25) is 0 Å². The fourth-order valence-electron chi connectivity index (χ4n) is 8.40. The summed E-state index contributed by atoms with van der Waals surface area (Å²) >= 11 is 0. The molecule has 23 heteroatoms. The number of nitrogens with zero attached hydrogens (tertiary/aromatic N) is 2. The number of ether oxygens (including phenoxy) is 3. The number of aromatic nitrogens is 2. The highest BCUT2D eigenvalue weighted by atomic mass is 31.3. The second-order valence-corrected chi connectivity index (χ2v) is 22.0. The molecule has 21 nitrogen and oxygen atoms in total. The van der Waals surface area contributed by atoms with Gasteiger partial charge in [-0.2, -0.15) is 9.29 Å². The van der Waals surface area contributed by atoms with Gasteiger partial charge in [-0.15, -0.1) is 0 Å². The number of Topliss-reactive ketones (excluding diaryl/α,β-unsaturated/α-hetero) is 1. The van der Waals surface area contributed by atoms with Crippen molar-refractivity contribution in [2.24, 2.45) is 17.8 Å². The number of anilines is 1. The average Bonchev–Trinajstić information content (AvgIpc) is 3.28. The van der Waals surface area contributed by atoms with Gasteiger partial charge in [0.1, 0.15) is 36.6 Å². The molecule has 402 valence electrons. The Kier molecular flexibility index (Phi) is 28.3. The van der Waals surface area contributed by atoms with E-state index in [-0.39, 0.29) is 31.5 Å². The minimum atomic E-state index is -5.70. The summed E-state index contributed by atoms with van der Waals surface area (Å²) < 4.78 is 58.9. The molecular weight excluding hydrogens is 956 g/mol. The van der Waals surface area contributed by atoms with E-state index in [0.717, 1.165) is 49.0 Å². The third-order valence-electron chi connectivity index (χ3n) is 12.4. The second kappa shape index (κ2) is 32.3. The maximum atomic E-state index is 13.9. The topological polar surface area (TPSA) is 323 Å². The van der Waals surface area contributed by atoms with Gasteiger partial charge in [0, 0.05) is 31.4 Å². The highest BCUT2D eigenvalue weighted by molar-refractivity contribution is 7.61. The van der Waals surface area contributed by atoms with Gasteiger partial charge in [0.15, 0.2) is 6.10 Å². The van der Waals surface area contributed by atoms with Crippen LogP contribution >= 0.6 is 15.6 Å². The number of aliphatic hydroxyl groups excluding tert-OH is 4. The van der Waals surface area contributed by atoms with E-state index < -0.39 is 120 Å². The van der Waals surface area contributed by atoms with Gasteiger partial charge in [0.05, 0.1) is 37.4 Å². The Hall–Kier alpha value is -2.91. The fraction of sp³-hybridized carbons (Fsp3) is 0.809. The van der Waals surface area contributed by atoms with Gasteiger partial charge in [0.2, 0.25) is 0 Å². The molecule has 1 aromatic heterocycles. The third-order valence-corrected chi connectivity index (χ3v) is 15.0. The average molecular weight is 1040 g/mol. The van der Waals surface area contributed by atoms with Crippen molar-refractivity contribution in [1.82, 2.24) is 9.55 Å². The number of nitrogen functional groups attached to an aromatic ring is 1. The first-order valence-corrected chi connectivity index (χ1v) is 28.2. The number of esters is 2. The lowest BCUT2D eigenvalue weighted by Crippen LogP contribution is -2.51. The van der Waals surface area contributed by atoms with Crippen LogP contribution in [-0.4, -0.2) is 114 Å². The largest absolute Gasteiger partial charge is 0.481 e. The van der Waals surface area contributed by atoms with Crippen LogP contribution in [0.15, 0.2) is 29.2 Å². The minimum absolute atomic E-state index is 0.0575. The van der Waals surface area contributed by atoms with E-state index in [1.807, 2.05) is 6.92 Å². The van der Waals surface area contributed by atoms with Crippen LogP contribution < -0.4 is 11.4 Å². The predicted molar refractivity (Wildman–Crippen MR) is 258 cm³/mol. The van der Waals surface area contributed by atoms with Crippen molar-refractivity contribution in [2.75, 3.05) is 25.6 Å². The fourth-order valence-corrected chi connectivity index (χ4v) is 10.5. The van der Waals surface area contributed by atoms with Gasteiger partial charge in [0.25, 0.3) is 0 Å². The van der Waals surface area contributed by atoms with Crippen molar-refractivity contribution in [3.05, 3.63) is 34.9 Å². The lowest BCUT2D eigenvalue weighted by molar-refractivity contribution is -0.188. The molecular formula is C47H81N3O18P2. The molecule has 3 heterocycles. The van der Waals surface area contributed by atoms with Crippen molar-refractivity contribution < 1.29 is 81.3 Å². The molecule has 11 atom stereocenters. The minimum Gasteiger partial charge on any atom is -0.462 e. The molecule has 1 aromatic rings. The molecule has 2 aliphatic heterocycles. The number of carbonyl (C=O) groups is 3. The SMILES string of the molecule is CCCCC[C@H](O)/C=C\[C@H]1C(=O)C[C@H](O)[C@@H]2CCCCCCC(=O)O[C@H](COC(=O)CCCCCCCCCCCC(C)C)COP(=O)(O)OP(=O)(O)OC[C@@H](O[C@H]2n2ccc(N)nc2=O)[C@@H](O)[C@H]1O. The second-order valence-electron chi connectivity index (χ2n) is 18.9. The van der Waals surface area contributed by atoms with Crippen LogP contribution in [-0.2, 0) is 51.1 Å². The van der Waals surface area contributed by atoms with E-state index in [1.54, 1.807) is 0 Å². The van der Waals surface area contributed by atoms with E-state index in [4.69, 9.17) is 29.0 Å². The van der Waals surface area contributed by atoms with Crippen LogP contribution in [0.25, 0.3) is 0 Å². The summed E-state index contributed by atoms with van der Waals surface area (Å²) in [4.78, 5) is 77.9. The Morgan fingerprint density at radius 3 is 2.17 bits per heavy atom. The standard InChI is InChI=1S/C47H81N3O18P2/c1-4-5-15-21-34(51)25-26-36-38(52)29-39(53)37-22-17-13-14-19-24-43(55)66-35(30-63-42(54)23-18-12-10-8-6-7-9-11-16-20-33(2)3)31-64-69(59,60)68-70(61,62)65-32-40(45(57)44(36)56)67-46(37)50-28-27-41(48)49-47(50)58/h25-28,33-37,39-40,44-46,51,53,56-57H,4-24,29-32H2,1-3H3,(H,59,60)(H,61,62)(H2,48,49,58)/b26-25-/t34-,35+,36-,37-,39-,40+,44-,45+,46+/m0/s1. The first kappa shape index (κ1) is 61.4. The van der Waals surface area contributed by atoms with Crippen molar-refractivity contribution in [3.63, 3.8) is 0 Å². The summed E-state index contributed by atoms with van der Waals surface area (Å²) in [5.74, 6) is -4.29. The lowest BCUT2D eigenvalue weighted by Gasteiger charge is -2.39. The summed E-state index contributed by atoms with van der Waals surface area (Å²) in [6, 6.07) is 1.24. The lowest BCUT2D eigenvalue weighted by atomic mass is 9.83. The molecule has 3 rings (SSSR count). The maximum absolute atomic E-state index is 13.9. The number of rotatable bonds is 21. The molecule has 0 aromatic carbocycles. The van der Waals surface area contributed by atoms with E-state index in [2.05, 4.69) is 23.1 Å². The number of cyclic esters (lactones) is 1. The Bertz CT molecular complexity index is 1900. The smallest absolute Gasteiger partial charge is 0.462 e. The van der Waals surface area contributed by atoms with Crippen molar-refractivity contribution >= 4 is 39.2 Å². The number of carbonyl (C=O) groups excluding carboxylic acids is 3. The molecule has 0 spiro atoms. The van der Waals surface area contributed by atoms with Gasteiger partial charge in [-0.25, -0.2) is 13.9 Å². The molecule has 2 aliphatic rings. The number of fused-ring (bicyclic) bond motifs is 3. The predicted octanol–water partition coefficient (Wildman–Crippen LogP) is 6.50. The van der Waals surface area contributed by atoms with Crippen molar-refractivity contribution in [3.8, 4) is 0 Å².